The third-order valence-electron chi connectivity index (χ3n) is 3.47. The predicted molar refractivity (Wildman–Crippen MR) is 103 cm³/mol. The van der Waals surface area contributed by atoms with Crippen molar-refractivity contribution in [1.82, 2.24) is 4.90 Å². The molecule has 5 nitrogen and oxygen atoms in total. The molecule has 1 heterocycles. The smallest absolute Gasteiger partial charge is 0.266 e. The first-order valence-electron chi connectivity index (χ1n) is 7.52. The van der Waals surface area contributed by atoms with Gasteiger partial charge in [0.05, 0.1) is 4.91 Å². The van der Waals surface area contributed by atoms with E-state index < -0.39 is 17.6 Å². The first-order chi connectivity index (χ1) is 12.4. The molecule has 2 aromatic carbocycles. The van der Waals surface area contributed by atoms with Crippen molar-refractivity contribution in [3.05, 3.63) is 64.8 Å². The lowest BCUT2D eigenvalue weighted by atomic mass is 10.2. The number of aromatic hydroxyl groups is 1. The molecule has 0 bridgehead atoms. The number of nitrogens with one attached hydrogen (secondary N) is 1. The van der Waals surface area contributed by atoms with Crippen molar-refractivity contribution < 1.29 is 19.1 Å². The summed E-state index contributed by atoms with van der Waals surface area (Å²) in [5.41, 5.74) is 1.03. The van der Waals surface area contributed by atoms with Crippen LogP contribution in [0.4, 0.5) is 10.1 Å². The third-order valence-corrected chi connectivity index (χ3v) is 4.85. The quantitative estimate of drug-likeness (QED) is 0.477. The van der Waals surface area contributed by atoms with Crippen LogP contribution in [0.15, 0.2) is 53.4 Å². The number of hydrogen-bond donors (Lipinski definition) is 2. The maximum atomic E-state index is 13.3. The number of carbonyl (C=O) groups is 2. The highest BCUT2D eigenvalue weighted by Crippen LogP contribution is 2.32. The lowest BCUT2D eigenvalue weighted by Crippen LogP contribution is -2.36. The first kappa shape index (κ1) is 18.1. The fourth-order valence-corrected chi connectivity index (χ4v) is 3.53. The molecule has 1 fully saturated rings. The van der Waals surface area contributed by atoms with Gasteiger partial charge < -0.3 is 10.4 Å². The Morgan fingerprint density at radius 1 is 1.27 bits per heavy atom. The van der Waals surface area contributed by atoms with Crippen LogP contribution in [0.1, 0.15) is 5.56 Å². The van der Waals surface area contributed by atoms with Crippen LogP contribution >= 0.6 is 24.0 Å². The fourth-order valence-electron chi connectivity index (χ4n) is 2.27. The molecule has 1 saturated heterocycles. The molecule has 2 amide bonds. The van der Waals surface area contributed by atoms with Crippen molar-refractivity contribution in [2.24, 2.45) is 0 Å². The number of hydrogen-bond acceptors (Lipinski definition) is 5. The van der Waals surface area contributed by atoms with Gasteiger partial charge in [0.25, 0.3) is 5.91 Å². The molecule has 3 rings (SSSR count). The van der Waals surface area contributed by atoms with E-state index in [4.69, 9.17) is 12.2 Å². The highest BCUT2D eigenvalue weighted by molar-refractivity contribution is 8.26. The minimum atomic E-state index is -0.418. The Bertz CT molecular complexity index is 913. The minimum absolute atomic E-state index is 0.0856. The number of amides is 2. The number of nitrogens with zero attached hydrogens (tertiary/aromatic N) is 1. The van der Waals surface area contributed by atoms with Gasteiger partial charge in [0.15, 0.2) is 0 Å². The second-order valence-electron chi connectivity index (χ2n) is 5.42. The van der Waals surface area contributed by atoms with Crippen LogP contribution in [-0.2, 0) is 9.59 Å². The number of benzene rings is 2. The lowest BCUT2D eigenvalue weighted by Gasteiger charge is -2.14. The number of halogens is 1. The van der Waals surface area contributed by atoms with Crippen LogP contribution in [0, 0.1) is 5.82 Å². The zero-order chi connectivity index (χ0) is 18.7. The van der Waals surface area contributed by atoms with Crippen LogP contribution in [0.3, 0.4) is 0 Å². The Labute approximate surface area is 158 Å². The standard InChI is InChI=1S/C18H13FN2O3S2/c19-12-3-1-2-11(8-12)9-15-17(24)21(18(25)26-15)10-16(23)20-13-4-6-14(22)7-5-13/h1-9,22H,10H2,(H,20,23)/b15-9-. The Kier molecular flexibility index (Phi) is 5.34. The SMILES string of the molecule is O=C(CN1C(=O)/C(=C/c2cccc(F)c2)SC1=S)Nc1ccc(O)cc1. The molecule has 0 spiro atoms. The molecule has 26 heavy (non-hydrogen) atoms. The Balaban J connectivity index is 1.69. The normalized spacial score (nSPS) is 15.6. The summed E-state index contributed by atoms with van der Waals surface area (Å²) in [4.78, 5) is 26.2. The van der Waals surface area contributed by atoms with Gasteiger partial charge >= 0.3 is 0 Å². The van der Waals surface area contributed by atoms with Crippen molar-refractivity contribution in [1.29, 1.82) is 0 Å². The number of thioether (sulfide) groups is 1. The summed E-state index contributed by atoms with van der Waals surface area (Å²) in [5.74, 6) is -1.13. The van der Waals surface area contributed by atoms with Crippen LogP contribution in [-0.4, -0.2) is 32.7 Å². The highest BCUT2D eigenvalue weighted by atomic mass is 32.2. The van der Waals surface area contributed by atoms with Crippen LogP contribution in [0.5, 0.6) is 5.75 Å². The number of thiocarbonyl (C=S) groups is 1. The molecule has 0 radical (unpaired) electrons. The van der Waals surface area contributed by atoms with Crippen molar-refractivity contribution >= 4 is 51.9 Å². The van der Waals surface area contributed by atoms with E-state index in [0.717, 1.165) is 11.8 Å². The topological polar surface area (TPSA) is 69.6 Å². The molecule has 8 heteroatoms. The minimum Gasteiger partial charge on any atom is -0.508 e. The van der Waals surface area contributed by atoms with Crippen molar-refractivity contribution in [2.45, 2.75) is 0 Å². The maximum absolute atomic E-state index is 13.3. The van der Waals surface area contributed by atoms with Gasteiger partial charge in [0.2, 0.25) is 5.91 Å². The van der Waals surface area contributed by atoms with Gasteiger partial charge in [0, 0.05) is 5.69 Å². The Morgan fingerprint density at radius 2 is 2.00 bits per heavy atom. The fraction of sp³-hybridized carbons (Fsp3) is 0.0556. The number of rotatable bonds is 4. The summed E-state index contributed by atoms with van der Waals surface area (Å²) in [5, 5.41) is 11.9. The summed E-state index contributed by atoms with van der Waals surface area (Å²) in [6.45, 7) is -0.230. The number of carbonyl (C=O) groups excluding carboxylic acids is 2. The molecule has 0 unspecified atom stereocenters. The molecule has 2 N–H and O–H groups in total. The van der Waals surface area contributed by atoms with Crippen LogP contribution in [0.25, 0.3) is 6.08 Å². The van der Waals surface area contributed by atoms with E-state index >= 15 is 0 Å². The van der Waals surface area contributed by atoms with Gasteiger partial charge in [-0.1, -0.05) is 36.1 Å². The summed E-state index contributed by atoms with van der Waals surface area (Å²) < 4.78 is 13.5. The van der Waals surface area contributed by atoms with Gasteiger partial charge in [-0.15, -0.1) is 0 Å². The number of phenolic OH excluding ortho intramolecular Hbond substituents is 1. The molecule has 1 aliphatic rings. The molecule has 132 valence electrons. The van der Waals surface area contributed by atoms with Crippen molar-refractivity contribution in [3.8, 4) is 5.75 Å². The second kappa shape index (κ2) is 7.67. The van der Waals surface area contributed by atoms with Gasteiger partial charge in [-0.3, -0.25) is 14.5 Å². The average molecular weight is 388 g/mol. The summed E-state index contributed by atoms with van der Waals surface area (Å²) in [6, 6.07) is 11.8. The summed E-state index contributed by atoms with van der Waals surface area (Å²) >= 11 is 6.24. The monoisotopic (exact) mass is 388 g/mol. The molecular weight excluding hydrogens is 375 g/mol. The molecule has 0 aliphatic carbocycles. The average Bonchev–Trinajstić information content (AvgIpc) is 2.84. The lowest BCUT2D eigenvalue weighted by molar-refractivity contribution is -0.126. The van der Waals surface area contributed by atoms with Crippen LogP contribution < -0.4 is 5.32 Å². The molecule has 0 aromatic heterocycles. The van der Waals surface area contributed by atoms with Crippen LogP contribution in [0.2, 0.25) is 0 Å². The van der Waals surface area contributed by atoms with E-state index in [1.165, 1.54) is 29.2 Å². The summed E-state index contributed by atoms with van der Waals surface area (Å²) in [6.07, 6.45) is 1.54. The number of anilines is 1. The molecule has 2 aromatic rings. The van der Waals surface area contributed by atoms with E-state index in [9.17, 15) is 19.1 Å². The van der Waals surface area contributed by atoms with E-state index in [1.54, 1.807) is 30.3 Å². The molecular formula is C18H13FN2O3S2. The number of phenols is 1. The maximum Gasteiger partial charge on any atom is 0.266 e. The third kappa shape index (κ3) is 4.27. The highest BCUT2D eigenvalue weighted by Gasteiger charge is 2.33. The van der Waals surface area contributed by atoms with Gasteiger partial charge in [0.1, 0.15) is 22.4 Å². The zero-order valence-electron chi connectivity index (χ0n) is 13.3. The zero-order valence-corrected chi connectivity index (χ0v) is 14.9. The second-order valence-corrected chi connectivity index (χ2v) is 7.09. The van der Waals surface area contributed by atoms with Gasteiger partial charge in [-0.2, -0.15) is 0 Å². The van der Waals surface area contributed by atoms with Gasteiger partial charge in [-0.25, -0.2) is 4.39 Å². The largest absolute Gasteiger partial charge is 0.508 e. The molecule has 0 atom stereocenters. The molecule has 1 aliphatic heterocycles. The first-order valence-corrected chi connectivity index (χ1v) is 8.75. The summed E-state index contributed by atoms with van der Waals surface area (Å²) in [7, 11) is 0. The van der Waals surface area contributed by atoms with E-state index in [-0.39, 0.29) is 16.6 Å². The molecule has 0 saturated carbocycles. The Hall–Kier alpha value is -2.71. The van der Waals surface area contributed by atoms with E-state index in [2.05, 4.69) is 5.32 Å². The van der Waals surface area contributed by atoms with Crippen molar-refractivity contribution in [2.75, 3.05) is 11.9 Å². The van der Waals surface area contributed by atoms with Crippen molar-refractivity contribution in [3.63, 3.8) is 0 Å². The van der Waals surface area contributed by atoms with E-state index in [0.29, 0.717) is 16.2 Å². The van der Waals surface area contributed by atoms with Gasteiger partial charge in [-0.05, 0) is 48.0 Å². The Morgan fingerprint density at radius 3 is 2.69 bits per heavy atom. The predicted octanol–water partition coefficient (Wildman–Crippen LogP) is 3.37. The van der Waals surface area contributed by atoms with E-state index in [1.807, 2.05) is 0 Å².